The van der Waals surface area contributed by atoms with Gasteiger partial charge in [-0.05, 0) is 24.3 Å². The fourth-order valence-corrected chi connectivity index (χ4v) is 2.61. The van der Waals surface area contributed by atoms with Crippen molar-refractivity contribution in [1.82, 2.24) is 4.98 Å². The summed E-state index contributed by atoms with van der Waals surface area (Å²) in [6, 6.07) is 18.0. The Balaban J connectivity index is 2.17. The van der Waals surface area contributed by atoms with E-state index in [-0.39, 0.29) is 0 Å². The number of para-hydroxylation sites is 1. The highest BCUT2D eigenvalue weighted by molar-refractivity contribution is 9.10. The summed E-state index contributed by atoms with van der Waals surface area (Å²) in [5, 5.41) is 10.0. The van der Waals surface area contributed by atoms with Gasteiger partial charge in [-0.1, -0.05) is 40.2 Å². The number of aromatic amines is 1. The standard InChI is InChI=1S/C15H9BrN2/c16-13-7-10(9-17)5-6-12(13)15-8-11-3-1-2-4-14(11)18-15/h1-8,18H. The Morgan fingerprint density at radius 3 is 2.61 bits per heavy atom. The first-order chi connectivity index (χ1) is 8.78. The third-order valence-electron chi connectivity index (χ3n) is 2.92. The molecule has 3 rings (SSSR count). The molecule has 1 N–H and O–H groups in total. The van der Waals surface area contributed by atoms with Crippen molar-refractivity contribution in [1.29, 1.82) is 5.26 Å². The lowest BCUT2D eigenvalue weighted by Gasteiger charge is -2.01. The number of benzene rings is 2. The molecule has 3 aromatic rings. The van der Waals surface area contributed by atoms with Crippen LogP contribution in [0.5, 0.6) is 0 Å². The van der Waals surface area contributed by atoms with E-state index in [1.54, 1.807) is 0 Å². The van der Waals surface area contributed by atoms with Gasteiger partial charge in [-0.15, -0.1) is 0 Å². The fraction of sp³-hybridized carbons (Fsp3) is 0. The number of halogens is 1. The molecule has 86 valence electrons. The molecular formula is C15H9BrN2. The number of rotatable bonds is 1. The van der Waals surface area contributed by atoms with E-state index in [9.17, 15) is 0 Å². The fourth-order valence-electron chi connectivity index (χ4n) is 2.02. The molecule has 0 aliphatic carbocycles. The first-order valence-corrected chi connectivity index (χ1v) is 6.35. The van der Waals surface area contributed by atoms with Gasteiger partial charge in [0.15, 0.2) is 0 Å². The van der Waals surface area contributed by atoms with Gasteiger partial charge in [0.25, 0.3) is 0 Å². The Bertz CT molecular complexity index is 733. The van der Waals surface area contributed by atoms with Crippen LogP contribution >= 0.6 is 15.9 Å². The highest BCUT2D eigenvalue weighted by Crippen LogP contribution is 2.30. The van der Waals surface area contributed by atoms with Gasteiger partial charge >= 0.3 is 0 Å². The van der Waals surface area contributed by atoms with Crippen LogP contribution < -0.4 is 0 Å². The van der Waals surface area contributed by atoms with Crippen LogP contribution in [0.15, 0.2) is 53.0 Å². The van der Waals surface area contributed by atoms with E-state index in [2.05, 4.69) is 45.2 Å². The smallest absolute Gasteiger partial charge is 0.0992 e. The molecule has 0 amide bonds. The van der Waals surface area contributed by atoms with Gasteiger partial charge in [-0.2, -0.15) is 5.26 Å². The Hall–Kier alpha value is -2.05. The highest BCUT2D eigenvalue weighted by Gasteiger charge is 2.07. The Labute approximate surface area is 113 Å². The summed E-state index contributed by atoms with van der Waals surface area (Å²) in [6.07, 6.45) is 0. The summed E-state index contributed by atoms with van der Waals surface area (Å²) in [5.74, 6) is 0. The topological polar surface area (TPSA) is 39.6 Å². The molecule has 0 fully saturated rings. The maximum absolute atomic E-state index is 8.86. The molecule has 0 aliphatic heterocycles. The molecule has 18 heavy (non-hydrogen) atoms. The predicted octanol–water partition coefficient (Wildman–Crippen LogP) is 4.47. The van der Waals surface area contributed by atoms with Gasteiger partial charge in [0, 0.05) is 26.6 Å². The van der Waals surface area contributed by atoms with E-state index in [1.807, 2.05) is 30.3 Å². The molecule has 0 bridgehead atoms. The van der Waals surface area contributed by atoms with Crippen molar-refractivity contribution in [3.05, 3.63) is 58.6 Å². The van der Waals surface area contributed by atoms with Crippen molar-refractivity contribution in [2.24, 2.45) is 0 Å². The zero-order chi connectivity index (χ0) is 12.5. The first kappa shape index (κ1) is 11.1. The lowest BCUT2D eigenvalue weighted by atomic mass is 10.1. The minimum Gasteiger partial charge on any atom is -0.354 e. The first-order valence-electron chi connectivity index (χ1n) is 5.56. The zero-order valence-electron chi connectivity index (χ0n) is 9.44. The third kappa shape index (κ3) is 1.81. The third-order valence-corrected chi connectivity index (χ3v) is 3.57. The van der Waals surface area contributed by atoms with Crippen LogP contribution in [0, 0.1) is 11.3 Å². The van der Waals surface area contributed by atoms with Crippen molar-refractivity contribution >= 4 is 26.8 Å². The molecule has 3 heteroatoms. The second kappa shape index (κ2) is 4.32. The summed E-state index contributed by atoms with van der Waals surface area (Å²) < 4.78 is 0.924. The quantitative estimate of drug-likeness (QED) is 0.707. The number of fused-ring (bicyclic) bond motifs is 1. The zero-order valence-corrected chi connectivity index (χ0v) is 11.0. The van der Waals surface area contributed by atoms with Crippen molar-refractivity contribution < 1.29 is 0 Å². The lowest BCUT2D eigenvalue weighted by molar-refractivity contribution is 1.42. The van der Waals surface area contributed by atoms with Crippen molar-refractivity contribution in [2.45, 2.75) is 0 Å². The molecule has 0 saturated heterocycles. The Morgan fingerprint density at radius 2 is 1.89 bits per heavy atom. The molecule has 1 aromatic heterocycles. The predicted molar refractivity (Wildman–Crippen MR) is 76.1 cm³/mol. The van der Waals surface area contributed by atoms with E-state index < -0.39 is 0 Å². The van der Waals surface area contributed by atoms with Crippen molar-refractivity contribution in [3.63, 3.8) is 0 Å². The molecule has 0 unspecified atom stereocenters. The van der Waals surface area contributed by atoms with Crippen LogP contribution in [0.4, 0.5) is 0 Å². The summed E-state index contributed by atoms with van der Waals surface area (Å²) in [6.45, 7) is 0. The second-order valence-electron chi connectivity index (χ2n) is 4.08. The van der Waals surface area contributed by atoms with Crippen LogP contribution in [0.2, 0.25) is 0 Å². The van der Waals surface area contributed by atoms with Crippen LogP contribution in [0.3, 0.4) is 0 Å². The summed E-state index contributed by atoms with van der Waals surface area (Å²) in [7, 11) is 0. The largest absolute Gasteiger partial charge is 0.354 e. The lowest BCUT2D eigenvalue weighted by Crippen LogP contribution is -1.81. The van der Waals surface area contributed by atoms with Crippen LogP contribution in [0.25, 0.3) is 22.2 Å². The number of nitriles is 1. The maximum Gasteiger partial charge on any atom is 0.0992 e. The minimum absolute atomic E-state index is 0.654. The van der Waals surface area contributed by atoms with Gasteiger partial charge in [-0.25, -0.2) is 0 Å². The highest BCUT2D eigenvalue weighted by atomic mass is 79.9. The normalized spacial score (nSPS) is 10.4. The van der Waals surface area contributed by atoms with E-state index in [0.29, 0.717) is 5.56 Å². The molecule has 0 aliphatic rings. The molecule has 2 nitrogen and oxygen atoms in total. The summed E-state index contributed by atoms with van der Waals surface area (Å²) >= 11 is 3.51. The molecule has 2 aromatic carbocycles. The van der Waals surface area contributed by atoms with E-state index in [0.717, 1.165) is 21.2 Å². The van der Waals surface area contributed by atoms with Crippen molar-refractivity contribution in [3.8, 4) is 17.3 Å². The Morgan fingerprint density at radius 1 is 1.06 bits per heavy atom. The molecule has 1 heterocycles. The number of nitrogens with zero attached hydrogens (tertiary/aromatic N) is 1. The maximum atomic E-state index is 8.86. The molecular weight excluding hydrogens is 288 g/mol. The number of aromatic nitrogens is 1. The van der Waals surface area contributed by atoms with E-state index >= 15 is 0 Å². The van der Waals surface area contributed by atoms with Crippen LogP contribution in [0.1, 0.15) is 5.56 Å². The summed E-state index contributed by atoms with van der Waals surface area (Å²) in [4.78, 5) is 3.38. The van der Waals surface area contributed by atoms with Crippen molar-refractivity contribution in [2.75, 3.05) is 0 Å². The number of hydrogen-bond donors (Lipinski definition) is 1. The molecule has 0 spiro atoms. The van der Waals surface area contributed by atoms with Crippen LogP contribution in [-0.4, -0.2) is 4.98 Å². The van der Waals surface area contributed by atoms with Crippen LogP contribution in [-0.2, 0) is 0 Å². The SMILES string of the molecule is N#Cc1ccc(-c2cc3ccccc3[nH]2)c(Br)c1. The van der Waals surface area contributed by atoms with Gasteiger partial charge in [0.05, 0.1) is 11.6 Å². The average Bonchev–Trinajstić information content (AvgIpc) is 2.81. The number of nitrogens with one attached hydrogen (secondary N) is 1. The summed E-state index contributed by atoms with van der Waals surface area (Å²) in [5.41, 5.74) is 3.88. The van der Waals surface area contributed by atoms with Gasteiger partial charge in [0.2, 0.25) is 0 Å². The van der Waals surface area contributed by atoms with E-state index in [1.165, 1.54) is 5.39 Å². The number of hydrogen-bond acceptors (Lipinski definition) is 1. The van der Waals surface area contributed by atoms with Gasteiger partial charge in [-0.3, -0.25) is 0 Å². The minimum atomic E-state index is 0.654. The van der Waals surface area contributed by atoms with Gasteiger partial charge in [0.1, 0.15) is 0 Å². The molecule has 0 radical (unpaired) electrons. The average molecular weight is 297 g/mol. The second-order valence-corrected chi connectivity index (χ2v) is 4.93. The monoisotopic (exact) mass is 296 g/mol. The van der Waals surface area contributed by atoms with E-state index in [4.69, 9.17) is 5.26 Å². The molecule has 0 atom stereocenters. The molecule has 0 saturated carbocycles. The number of H-pyrrole nitrogens is 1. The van der Waals surface area contributed by atoms with Gasteiger partial charge < -0.3 is 4.98 Å². The Kier molecular flexibility index (Phi) is 2.66.